The Balaban J connectivity index is 2.31. The molecule has 4 heteroatoms. The fraction of sp³-hybridized carbons (Fsp3) is 0.471. The molecule has 2 rings (SSSR count). The van der Waals surface area contributed by atoms with Crippen molar-refractivity contribution < 1.29 is 0 Å². The molecule has 0 spiro atoms. The predicted octanol–water partition coefficient (Wildman–Crippen LogP) is 2.56. The molecule has 4 nitrogen and oxygen atoms in total. The van der Waals surface area contributed by atoms with Crippen molar-refractivity contribution in [3.63, 3.8) is 0 Å². The highest BCUT2D eigenvalue weighted by atomic mass is 15.4. The molecule has 0 fully saturated rings. The Morgan fingerprint density at radius 1 is 1.29 bits per heavy atom. The van der Waals surface area contributed by atoms with Crippen LogP contribution in [0.15, 0.2) is 24.3 Å². The van der Waals surface area contributed by atoms with Crippen LogP contribution in [-0.4, -0.2) is 22.9 Å². The Labute approximate surface area is 127 Å². The van der Waals surface area contributed by atoms with Gasteiger partial charge in [-0.3, -0.25) is 4.68 Å². The molecular formula is C17H26N4. The lowest BCUT2D eigenvalue weighted by Crippen LogP contribution is -2.24. The summed E-state index contributed by atoms with van der Waals surface area (Å²) in [5.41, 5.74) is 11.0. The van der Waals surface area contributed by atoms with Gasteiger partial charge in [-0.05, 0) is 38.3 Å². The molecule has 1 atom stereocenters. The first-order chi connectivity index (χ1) is 9.90. The van der Waals surface area contributed by atoms with Gasteiger partial charge in [0, 0.05) is 32.2 Å². The molecule has 0 amide bonds. The Hall–Kier alpha value is -1.81. The zero-order chi connectivity index (χ0) is 15.6. The summed E-state index contributed by atoms with van der Waals surface area (Å²) in [6.45, 7) is 7.12. The van der Waals surface area contributed by atoms with Gasteiger partial charge >= 0.3 is 0 Å². The molecule has 0 saturated heterocycles. The van der Waals surface area contributed by atoms with Crippen molar-refractivity contribution in [3.8, 4) is 0 Å². The number of benzene rings is 1. The lowest BCUT2D eigenvalue weighted by molar-refractivity contribution is 0.714. The number of aryl methyl sites for hydroxylation is 3. The summed E-state index contributed by atoms with van der Waals surface area (Å²) >= 11 is 0. The summed E-state index contributed by atoms with van der Waals surface area (Å²) in [6, 6.07) is 8.64. The minimum Gasteiger partial charge on any atom is -0.355 e. The van der Waals surface area contributed by atoms with Gasteiger partial charge in [-0.1, -0.05) is 24.3 Å². The summed E-state index contributed by atoms with van der Waals surface area (Å²) < 4.78 is 1.96. The number of rotatable bonds is 5. The minimum absolute atomic E-state index is 0.138. The highest BCUT2D eigenvalue weighted by Gasteiger charge is 2.18. The molecule has 1 unspecified atom stereocenters. The van der Waals surface area contributed by atoms with E-state index in [9.17, 15) is 0 Å². The SMILES string of the molecule is Cc1ccccc1CN(C)c1c(CC(C)N)c(C)nn1C. The van der Waals surface area contributed by atoms with Gasteiger partial charge in [0.1, 0.15) is 5.82 Å². The van der Waals surface area contributed by atoms with Crippen LogP contribution < -0.4 is 10.6 Å². The molecule has 1 aromatic heterocycles. The molecule has 0 bridgehead atoms. The second-order valence-electron chi connectivity index (χ2n) is 5.98. The van der Waals surface area contributed by atoms with Gasteiger partial charge in [0.2, 0.25) is 0 Å². The highest BCUT2D eigenvalue weighted by Crippen LogP contribution is 2.25. The fourth-order valence-electron chi connectivity index (χ4n) is 2.85. The van der Waals surface area contributed by atoms with Crippen LogP contribution in [0.2, 0.25) is 0 Å². The first kappa shape index (κ1) is 15.6. The molecule has 2 N–H and O–H groups in total. The van der Waals surface area contributed by atoms with Crippen molar-refractivity contribution in [3.05, 3.63) is 46.6 Å². The lowest BCUT2D eigenvalue weighted by atomic mass is 10.1. The summed E-state index contributed by atoms with van der Waals surface area (Å²) in [4.78, 5) is 2.26. The molecule has 1 aromatic carbocycles. The molecule has 0 aliphatic rings. The topological polar surface area (TPSA) is 47.1 Å². The van der Waals surface area contributed by atoms with Gasteiger partial charge in [0.05, 0.1) is 5.69 Å². The molecule has 2 aromatic rings. The zero-order valence-corrected chi connectivity index (χ0v) is 13.7. The van der Waals surface area contributed by atoms with Crippen LogP contribution in [0.3, 0.4) is 0 Å². The van der Waals surface area contributed by atoms with E-state index in [4.69, 9.17) is 5.73 Å². The van der Waals surface area contributed by atoms with Gasteiger partial charge < -0.3 is 10.6 Å². The van der Waals surface area contributed by atoms with Crippen molar-refractivity contribution in [2.24, 2.45) is 12.8 Å². The highest BCUT2D eigenvalue weighted by molar-refractivity contribution is 5.50. The molecule has 1 heterocycles. The standard InChI is InChI=1S/C17H26N4/c1-12-8-6-7-9-15(12)11-20(4)17-16(10-13(2)18)14(3)19-21(17)5/h6-9,13H,10-11,18H2,1-5H3. The summed E-state index contributed by atoms with van der Waals surface area (Å²) in [7, 11) is 4.12. The number of nitrogens with zero attached hydrogens (tertiary/aromatic N) is 3. The van der Waals surface area contributed by atoms with E-state index in [0.717, 1.165) is 24.5 Å². The van der Waals surface area contributed by atoms with Crippen molar-refractivity contribution in [1.29, 1.82) is 0 Å². The van der Waals surface area contributed by atoms with Crippen molar-refractivity contribution in [2.45, 2.75) is 39.8 Å². The molecular weight excluding hydrogens is 260 g/mol. The van der Waals surface area contributed by atoms with E-state index in [2.05, 4.69) is 55.2 Å². The van der Waals surface area contributed by atoms with Crippen LogP contribution in [-0.2, 0) is 20.0 Å². The first-order valence-electron chi connectivity index (χ1n) is 7.43. The third-order valence-corrected chi connectivity index (χ3v) is 3.87. The van der Waals surface area contributed by atoms with E-state index in [1.807, 2.05) is 18.7 Å². The molecule has 0 aliphatic heterocycles. The number of hydrogen-bond acceptors (Lipinski definition) is 3. The van der Waals surface area contributed by atoms with Gasteiger partial charge in [-0.15, -0.1) is 0 Å². The number of hydrogen-bond donors (Lipinski definition) is 1. The average molecular weight is 286 g/mol. The zero-order valence-electron chi connectivity index (χ0n) is 13.7. The summed E-state index contributed by atoms with van der Waals surface area (Å²) in [5, 5.41) is 4.57. The molecule has 21 heavy (non-hydrogen) atoms. The third-order valence-electron chi connectivity index (χ3n) is 3.87. The molecule has 0 saturated carbocycles. The maximum atomic E-state index is 5.99. The normalized spacial score (nSPS) is 12.5. The van der Waals surface area contributed by atoms with Gasteiger partial charge in [-0.25, -0.2) is 0 Å². The van der Waals surface area contributed by atoms with E-state index in [1.165, 1.54) is 16.7 Å². The molecule has 0 aliphatic carbocycles. The summed E-state index contributed by atoms with van der Waals surface area (Å²) in [5.74, 6) is 1.16. The Kier molecular flexibility index (Phi) is 4.68. The maximum Gasteiger partial charge on any atom is 0.130 e. The van der Waals surface area contributed by atoms with Gasteiger partial charge in [0.25, 0.3) is 0 Å². The van der Waals surface area contributed by atoms with Gasteiger partial charge in [0.15, 0.2) is 0 Å². The number of nitrogens with two attached hydrogens (primary N) is 1. The number of aromatic nitrogens is 2. The first-order valence-corrected chi connectivity index (χ1v) is 7.43. The van der Waals surface area contributed by atoms with E-state index in [-0.39, 0.29) is 6.04 Å². The maximum absolute atomic E-state index is 5.99. The molecule has 0 radical (unpaired) electrons. The smallest absolute Gasteiger partial charge is 0.130 e. The second kappa shape index (κ2) is 6.31. The van der Waals surface area contributed by atoms with Crippen LogP contribution in [0.25, 0.3) is 0 Å². The second-order valence-corrected chi connectivity index (χ2v) is 5.98. The van der Waals surface area contributed by atoms with Crippen LogP contribution >= 0.6 is 0 Å². The Bertz CT molecular complexity index is 613. The van der Waals surface area contributed by atoms with Crippen LogP contribution in [0.4, 0.5) is 5.82 Å². The van der Waals surface area contributed by atoms with E-state index >= 15 is 0 Å². The quantitative estimate of drug-likeness (QED) is 0.919. The lowest BCUT2D eigenvalue weighted by Gasteiger charge is -2.22. The monoisotopic (exact) mass is 286 g/mol. The van der Waals surface area contributed by atoms with Crippen molar-refractivity contribution in [1.82, 2.24) is 9.78 Å². The number of anilines is 1. The van der Waals surface area contributed by atoms with E-state index < -0.39 is 0 Å². The third kappa shape index (κ3) is 3.45. The minimum atomic E-state index is 0.138. The van der Waals surface area contributed by atoms with E-state index in [1.54, 1.807) is 0 Å². The largest absolute Gasteiger partial charge is 0.355 e. The van der Waals surface area contributed by atoms with E-state index in [0.29, 0.717) is 0 Å². The fourth-order valence-corrected chi connectivity index (χ4v) is 2.85. The van der Waals surface area contributed by atoms with Crippen LogP contribution in [0.5, 0.6) is 0 Å². The predicted molar refractivity (Wildman–Crippen MR) is 88.6 cm³/mol. The Morgan fingerprint density at radius 2 is 1.95 bits per heavy atom. The average Bonchev–Trinajstić information content (AvgIpc) is 2.66. The van der Waals surface area contributed by atoms with Crippen LogP contribution in [0.1, 0.15) is 29.3 Å². The van der Waals surface area contributed by atoms with Crippen molar-refractivity contribution >= 4 is 5.82 Å². The van der Waals surface area contributed by atoms with Crippen LogP contribution in [0, 0.1) is 13.8 Å². The Morgan fingerprint density at radius 3 is 2.57 bits per heavy atom. The van der Waals surface area contributed by atoms with Crippen molar-refractivity contribution in [2.75, 3.05) is 11.9 Å². The van der Waals surface area contributed by atoms with Gasteiger partial charge in [-0.2, -0.15) is 5.10 Å². The summed E-state index contributed by atoms with van der Waals surface area (Å²) in [6.07, 6.45) is 0.854. The molecule has 114 valence electrons.